The van der Waals surface area contributed by atoms with Crippen LogP contribution in [0.25, 0.3) is 16.7 Å². The van der Waals surface area contributed by atoms with Gasteiger partial charge in [-0.25, -0.2) is 9.37 Å². The molecule has 1 amide bonds. The first kappa shape index (κ1) is 21.8. The van der Waals surface area contributed by atoms with E-state index in [1.807, 2.05) is 30.3 Å². The normalized spacial score (nSPS) is 15.1. The molecule has 7 heteroatoms. The summed E-state index contributed by atoms with van der Waals surface area (Å²) in [5, 5.41) is 2.74. The van der Waals surface area contributed by atoms with Gasteiger partial charge in [-0.2, -0.15) is 0 Å². The van der Waals surface area contributed by atoms with Gasteiger partial charge in [-0.1, -0.05) is 46.3 Å². The Hall–Kier alpha value is -3.03. The van der Waals surface area contributed by atoms with E-state index in [4.69, 9.17) is 4.98 Å². The monoisotopic (exact) mass is 506 g/mol. The van der Waals surface area contributed by atoms with Gasteiger partial charge < -0.3 is 5.32 Å². The van der Waals surface area contributed by atoms with E-state index in [0.717, 1.165) is 52.9 Å². The number of halogens is 2. The van der Waals surface area contributed by atoms with Crippen LogP contribution >= 0.6 is 15.9 Å². The van der Waals surface area contributed by atoms with Gasteiger partial charge in [-0.05, 0) is 68.4 Å². The van der Waals surface area contributed by atoms with Crippen LogP contribution in [0.5, 0.6) is 0 Å². The predicted molar refractivity (Wildman–Crippen MR) is 132 cm³/mol. The highest BCUT2D eigenvalue weighted by Crippen LogP contribution is 2.26. The summed E-state index contributed by atoms with van der Waals surface area (Å²) in [4.78, 5) is 19.9. The van der Waals surface area contributed by atoms with Crippen molar-refractivity contribution in [1.82, 2.24) is 14.5 Å². The first-order valence-corrected chi connectivity index (χ1v) is 11.9. The lowest BCUT2D eigenvalue weighted by molar-refractivity contribution is -0.121. The van der Waals surface area contributed by atoms with Crippen LogP contribution in [0, 0.1) is 11.7 Å². The molecule has 1 aromatic heterocycles. The van der Waals surface area contributed by atoms with Gasteiger partial charge >= 0.3 is 0 Å². The van der Waals surface area contributed by atoms with E-state index in [2.05, 4.69) is 48.9 Å². The number of amides is 1. The Kier molecular flexibility index (Phi) is 6.24. The number of para-hydroxylation sites is 3. The Labute approximate surface area is 200 Å². The third kappa shape index (κ3) is 4.70. The Morgan fingerprint density at radius 1 is 1.03 bits per heavy atom. The average Bonchev–Trinajstić information content (AvgIpc) is 3.19. The van der Waals surface area contributed by atoms with Crippen LogP contribution in [-0.2, 0) is 11.3 Å². The fourth-order valence-electron chi connectivity index (χ4n) is 4.44. The largest absolute Gasteiger partial charge is 0.323 e. The van der Waals surface area contributed by atoms with Gasteiger partial charge in [-0.15, -0.1) is 0 Å². The molecular formula is C26H24BrFN4O. The summed E-state index contributed by atoms with van der Waals surface area (Å²) >= 11 is 3.58. The molecule has 0 spiro atoms. The van der Waals surface area contributed by atoms with E-state index in [9.17, 15) is 9.18 Å². The molecular weight excluding hydrogens is 483 g/mol. The molecule has 33 heavy (non-hydrogen) atoms. The summed E-state index contributed by atoms with van der Waals surface area (Å²) in [5.74, 6) is 0.337. The Morgan fingerprint density at radius 3 is 2.58 bits per heavy atom. The van der Waals surface area contributed by atoms with E-state index in [1.165, 1.54) is 6.07 Å². The van der Waals surface area contributed by atoms with Gasteiger partial charge in [0.2, 0.25) is 5.91 Å². The zero-order valence-electron chi connectivity index (χ0n) is 18.0. The van der Waals surface area contributed by atoms with Crippen molar-refractivity contribution in [2.75, 3.05) is 18.4 Å². The third-order valence-electron chi connectivity index (χ3n) is 6.15. The van der Waals surface area contributed by atoms with Gasteiger partial charge in [0, 0.05) is 16.1 Å². The topological polar surface area (TPSA) is 50.2 Å². The second-order valence-corrected chi connectivity index (χ2v) is 9.27. The molecule has 3 aromatic carbocycles. The molecule has 0 radical (unpaired) electrons. The van der Waals surface area contributed by atoms with Crippen LogP contribution in [0.3, 0.4) is 0 Å². The number of carbonyl (C=O) groups is 1. The highest BCUT2D eigenvalue weighted by molar-refractivity contribution is 9.10. The summed E-state index contributed by atoms with van der Waals surface area (Å²) in [7, 11) is 0. The summed E-state index contributed by atoms with van der Waals surface area (Å²) in [6.07, 6.45) is 1.47. The van der Waals surface area contributed by atoms with Gasteiger partial charge in [0.25, 0.3) is 0 Å². The molecule has 1 N–H and O–H groups in total. The summed E-state index contributed by atoms with van der Waals surface area (Å²) < 4.78 is 17.1. The van der Waals surface area contributed by atoms with Crippen LogP contribution in [0.1, 0.15) is 18.7 Å². The number of benzene rings is 3. The number of piperidine rings is 1. The Morgan fingerprint density at radius 2 is 1.79 bits per heavy atom. The molecule has 0 atom stereocenters. The second-order valence-electron chi connectivity index (χ2n) is 8.35. The number of aromatic nitrogens is 2. The zero-order chi connectivity index (χ0) is 22.8. The number of hydrogen-bond donors (Lipinski definition) is 1. The molecule has 1 aliphatic rings. The summed E-state index contributed by atoms with van der Waals surface area (Å²) in [5.41, 5.74) is 3.34. The van der Waals surface area contributed by atoms with E-state index in [1.54, 1.807) is 18.2 Å². The molecule has 168 valence electrons. The summed E-state index contributed by atoms with van der Waals surface area (Å²) in [6, 6.07) is 22.7. The van der Waals surface area contributed by atoms with Crippen molar-refractivity contribution < 1.29 is 9.18 Å². The van der Waals surface area contributed by atoms with Crippen LogP contribution in [-0.4, -0.2) is 33.4 Å². The lowest BCUT2D eigenvalue weighted by atomic mass is 9.95. The number of hydrogen-bond acceptors (Lipinski definition) is 3. The summed E-state index contributed by atoms with van der Waals surface area (Å²) in [6.45, 7) is 2.27. The van der Waals surface area contributed by atoms with Crippen LogP contribution in [0.15, 0.2) is 77.3 Å². The minimum atomic E-state index is -0.408. The number of carbonyl (C=O) groups excluding carboxylic acids is 1. The molecule has 5 nitrogen and oxygen atoms in total. The maximum absolute atomic E-state index is 13.9. The molecule has 2 heterocycles. The maximum atomic E-state index is 13.9. The van der Waals surface area contributed by atoms with Crippen molar-refractivity contribution in [3.63, 3.8) is 0 Å². The Bertz CT molecular complexity index is 1300. The Balaban J connectivity index is 1.30. The number of likely N-dealkylation sites (tertiary alicyclic amines) is 1. The van der Waals surface area contributed by atoms with Gasteiger partial charge in [0.1, 0.15) is 11.6 Å². The fourth-order valence-corrected chi connectivity index (χ4v) is 4.82. The average molecular weight is 507 g/mol. The number of nitrogens with zero attached hydrogens (tertiary/aromatic N) is 3. The number of nitrogens with one attached hydrogen (secondary N) is 1. The van der Waals surface area contributed by atoms with Crippen molar-refractivity contribution in [2.24, 2.45) is 5.92 Å². The highest BCUT2D eigenvalue weighted by Gasteiger charge is 2.26. The van der Waals surface area contributed by atoms with Gasteiger partial charge in [0.05, 0.1) is 23.3 Å². The first-order chi connectivity index (χ1) is 16.1. The molecule has 1 aliphatic heterocycles. The lowest BCUT2D eigenvalue weighted by Crippen LogP contribution is -2.38. The predicted octanol–water partition coefficient (Wildman–Crippen LogP) is 5.78. The van der Waals surface area contributed by atoms with Gasteiger partial charge in [0.15, 0.2) is 0 Å². The molecule has 5 rings (SSSR count). The van der Waals surface area contributed by atoms with E-state index in [0.29, 0.717) is 6.54 Å². The van der Waals surface area contributed by atoms with E-state index < -0.39 is 5.82 Å². The lowest BCUT2D eigenvalue weighted by Gasteiger charge is -2.31. The molecule has 0 unspecified atom stereocenters. The number of anilines is 1. The first-order valence-electron chi connectivity index (χ1n) is 11.1. The number of imidazole rings is 1. The molecule has 0 bridgehead atoms. The smallest absolute Gasteiger partial charge is 0.227 e. The van der Waals surface area contributed by atoms with E-state index in [-0.39, 0.29) is 17.5 Å². The molecule has 1 saturated heterocycles. The van der Waals surface area contributed by atoms with Crippen molar-refractivity contribution in [1.29, 1.82) is 0 Å². The van der Waals surface area contributed by atoms with Crippen molar-refractivity contribution in [3.05, 3.63) is 88.9 Å². The standard InChI is InChI=1S/C26H24BrFN4O/c27-19-6-5-7-20(16-19)32-24-11-4-3-10-23(24)29-25(32)17-31-14-12-18(13-15-31)26(33)30-22-9-2-1-8-21(22)28/h1-11,16,18H,12-15,17H2,(H,30,33). The maximum Gasteiger partial charge on any atom is 0.227 e. The van der Waals surface area contributed by atoms with Crippen molar-refractivity contribution in [2.45, 2.75) is 19.4 Å². The zero-order valence-corrected chi connectivity index (χ0v) is 19.6. The van der Waals surface area contributed by atoms with Gasteiger partial charge in [-0.3, -0.25) is 14.3 Å². The third-order valence-corrected chi connectivity index (χ3v) is 6.65. The van der Waals surface area contributed by atoms with Crippen molar-refractivity contribution in [3.8, 4) is 5.69 Å². The molecule has 0 aliphatic carbocycles. The molecule has 0 saturated carbocycles. The quantitative estimate of drug-likeness (QED) is 0.373. The van der Waals surface area contributed by atoms with Crippen molar-refractivity contribution >= 4 is 38.6 Å². The second kappa shape index (κ2) is 9.45. The SMILES string of the molecule is O=C(Nc1ccccc1F)C1CCN(Cc2nc3ccccc3n2-c2cccc(Br)c2)CC1. The van der Waals surface area contributed by atoms with Crippen LogP contribution in [0.2, 0.25) is 0 Å². The van der Waals surface area contributed by atoms with Crippen LogP contribution in [0.4, 0.5) is 10.1 Å². The minimum Gasteiger partial charge on any atom is -0.323 e. The molecule has 4 aromatic rings. The fraction of sp³-hybridized carbons (Fsp3) is 0.231. The number of fused-ring (bicyclic) bond motifs is 1. The minimum absolute atomic E-state index is 0.110. The highest BCUT2D eigenvalue weighted by atomic mass is 79.9. The van der Waals surface area contributed by atoms with Crippen LogP contribution < -0.4 is 5.32 Å². The molecule has 1 fully saturated rings. The number of rotatable bonds is 5. The van der Waals surface area contributed by atoms with E-state index >= 15 is 0 Å².